The number of anilines is 2. The van der Waals surface area contributed by atoms with Gasteiger partial charge in [-0.3, -0.25) is 4.79 Å². The molecule has 1 unspecified atom stereocenters. The smallest absolute Gasteiger partial charge is 0.462 e. The third-order valence-electron chi connectivity index (χ3n) is 5.21. The van der Waals surface area contributed by atoms with E-state index >= 15 is 0 Å². The summed E-state index contributed by atoms with van der Waals surface area (Å²) in [6.07, 6.45) is -1.59. The van der Waals surface area contributed by atoms with Crippen molar-refractivity contribution < 1.29 is 32.3 Å². The highest BCUT2D eigenvalue weighted by molar-refractivity contribution is 6.21. The predicted octanol–water partition coefficient (Wildman–Crippen LogP) is 4.14. The number of carbonyl (C=O) groups excluding carboxylic acids is 3. The van der Waals surface area contributed by atoms with E-state index in [9.17, 15) is 27.6 Å². The van der Waals surface area contributed by atoms with Gasteiger partial charge in [0.05, 0.1) is 6.61 Å². The number of nitrogens with zero attached hydrogens (tertiary/aromatic N) is 2. The van der Waals surface area contributed by atoms with Gasteiger partial charge in [0.15, 0.2) is 5.69 Å². The number of rotatable bonds is 8. The SMILES string of the molecule is CCOC(=O)C[N+]1(c2cccc(NC(=O)C(F)(F)F)c2)N=CC(=CNc2ccccc2CC)C1=O. The molecule has 1 aliphatic rings. The third-order valence-corrected chi connectivity index (χ3v) is 5.21. The molecular weight excluding hydrogens is 465 g/mol. The van der Waals surface area contributed by atoms with Gasteiger partial charge in [-0.05, 0) is 31.0 Å². The lowest BCUT2D eigenvalue weighted by atomic mass is 10.1. The molecule has 8 nitrogen and oxygen atoms in total. The van der Waals surface area contributed by atoms with Gasteiger partial charge in [0.25, 0.3) is 0 Å². The summed E-state index contributed by atoms with van der Waals surface area (Å²) < 4.78 is 42.2. The fraction of sp³-hybridized carbons (Fsp3) is 0.250. The van der Waals surface area contributed by atoms with Crippen LogP contribution in [0, 0.1) is 0 Å². The minimum absolute atomic E-state index is 0.0659. The summed E-state index contributed by atoms with van der Waals surface area (Å²) >= 11 is 0. The Hall–Kier alpha value is -3.99. The maximum Gasteiger partial charge on any atom is 0.471 e. The zero-order valence-corrected chi connectivity index (χ0v) is 19.1. The maximum atomic E-state index is 13.5. The number of hydrogen-bond donors (Lipinski definition) is 2. The van der Waals surface area contributed by atoms with Crippen molar-refractivity contribution in [3.63, 3.8) is 0 Å². The van der Waals surface area contributed by atoms with Gasteiger partial charge in [0, 0.05) is 29.7 Å². The Kier molecular flexibility index (Phi) is 7.70. The van der Waals surface area contributed by atoms with E-state index < -0.39 is 35.1 Å². The first-order valence-corrected chi connectivity index (χ1v) is 10.8. The molecule has 2 aromatic rings. The summed E-state index contributed by atoms with van der Waals surface area (Å²) in [6.45, 7) is 3.13. The molecule has 35 heavy (non-hydrogen) atoms. The Labute approximate surface area is 199 Å². The van der Waals surface area contributed by atoms with Gasteiger partial charge < -0.3 is 15.4 Å². The number of nitrogens with one attached hydrogen (secondary N) is 2. The molecule has 3 rings (SSSR count). The lowest BCUT2D eigenvalue weighted by Crippen LogP contribution is -2.51. The Morgan fingerprint density at radius 2 is 1.86 bits per heavy atom. The van der Waals surface area contributed by atoms with E-state index in [2.05, 4.69) is 10.4 Å². The number of halogens is 3. The van der Waals surface area contributed by atoms with Gasteiger partial charge in [-0.1, -0.05) is 40.9 Å². The van der Waals surface area contributed by atoms with Crippen LogP contribution in [0.1, 0.15) is 19.4 Å². The normalized spacial score (nSPS) is 18.5. The summed E-state index contributed by atoms with van der Waals surface area (Å²) in [7, 11) is 0. The number of para-hydroxylation sites is 1. The van der Waals surface area contributed by atoms with E-state index in [4.69, 9.17) is 4.74 Å². The van der Waals surface area contributed by atoms with Gasteiger partial charge >= 0.3 is 24.0 Å². The Morgan fingerprint density at radius 1 is 1.11 bits per heavy atom. The Bertz CT molecular complexity index is 1190. The fourth-order valence-corrected chi connectivity index (χ4v) is 3.50. The van der Waals surface area contributed by atoms with Crippen LogP contribution in [0.15, 0.2) is 65.4 Å². The van der Waals surface area contributed by atoms with Crippen molar-refractivity contribution in [3.05, 3.63) is 65.9 Å². The van der Waals surface area contributed by atoms with E-state index in [1.807, 2.05) is 31.2 Å². The van der Waals surface area contributed by atoms with Crippen LogP contribution in [0.3, 0.4) is 0 Å². The Balaban J connectivity index is 1.96. The molecule has 0 aromatic heterocycles. The number of esters is 1. The topological polar surface area (TPSA) is 96.9 Å². The maximum absolute atomic E-state index is 13.5. The molecule has 1 aliphatic heterocycles. The number of benzene rings is 2. The minimum Gasteiger partial charge on any atom is -0.462 e. The van der Waals surface area contributed by atoms with Crippen molar-refractivity contribution in [2.24, 2.45) is 5.10 Å². The van der Waals surface area contributed by atoms with E-state index in [0.29, 0.717) is 0 Å². The lowest BCUT2D eigenvalue weighted by Gasteiger charge is -2.25. The lowest BCUT2D eigenvalue weighted by molar-refractivity contribution is -0.167. The second kappa shape index (κ2) is 10.5. The second-order valence-corrected chi connectivity index (χ2v) is 7.54. The minimum atomic E-state index is -5.09. The molecule has 0 aliphatic carbocycles. The standard InChI is InChI=1S/C24H23F3N4O4/c1-3-16-8-5-6-11-20(16)28-13-17-14-29-31(22(17)33,15-21(32)35-4-2)19-10-7-9-18(12-19)30-23(34)24(25,26)27/h5-14H,3-4,15H2,1-2H3,(H-,28,29,30,33,34)/p+1. The van der Waals surface area contributed by atoms with Gasteiger partial charge in [-0.15, -0.1) is 0 Å². The predicted molar refractivity (Wildman–Crippen MR) is 125 cm³/mol. The molecule has 1 heterocycles. The van der Waals surface area contributed by atoms with E-state index in [1.165, 1.54) is 36.7 Å². The molecule has 0 saturated heterocycles. The fourth-order valence-electron chi connectivity index (χ4n) is 3.50. The first-order valence-electron chi connectivity index (χ1n) is 10.8. The molecule has 2 amide bonds. The van der Waals surface area contributed by atoms with Crippen LogP contribution in [-0.4, -0.2) is 43.3 Å². The van der Waals surface area contributed by atoms with Crippen molar-refractivity contribution in [2.75, 3.05) is 23.8 Å². The number of aryl methyl sites for hydroxylation is 1. The van der Waals surface area contributed by atoms with E-state index in [0.717, 1.165) is 17.7 Å². The quantitative estimate of drug-likeness (QED) is 0.330. The zero-order chi connectivity index (χ0) is 25.6. The summed E-state index contributed by atoms with van der Waals surface area (Å²) in [4.78, 5) is 37.2. The molecule has 0 saturated carbocycles. The van der Waals surface area contributed by atoms with Gasteiger partial charge in [-0.2, -0.15) is 13.2 Å². The molecule has 0 radical (unpaired) electrons. The highest BCUT2D eigenvalue weighted by atomic mass is 19.4. The highest BCUT2D eigenvalue weighted by Crippen LogP contribution is 2.33. The molecule has 0 bridgehead atoms. The van der Waals surface area contributed by atoms with Gasteiger partial charge in [0.1, 0.15) is 11.8 Å². The number of hydrogen-bond acceptors (Lipinski definition) is 6. The molecule has 11 heteroatoms. The molecule has 1 atom stereocenters. The van der Waals surface area contributed by atoms with Crippen molar-refractivity contribution in [1.82, 2.24) is 4.59 Å². The first-order chi connectivity index (χ1) is 16.6. The highest BCUT2D eigenvalue weighted by Gasteiger charge is 2.49. The Morgan fingerprint density at radius 3 is 2.54 bits per heavy atom. The molecular formula is C24H24F3N4O4+. The largest absolute Gasteiger partial charge is 0.471 e. The average molecular weight is 489 g/mol. The number of quaternary nitrogens is 1. The van der Waals surface area contributed by atoms with Crippen LogP contribution in [0.5, 0.6) is 0 Å². The van der Waals surface area contributed by atoms with Crippen LogP contribution in [-0.2, 0) is 25.5 Å². The monoisotopic (exact) mass is 489 g/mol. The molecule has 0 fully saturated rings. The van der Waals surface area contributed by atoms with Crippen molar-refractivity contribution in [2.45, 2.75) is 26.4 Å². The summed E-state index contributed by atoms with van der Waals surface area (Å²) in [5.74, 6) is -3.49. The van der Waals surface area contributed by atoms with Crippen molar-refractivity contribution in [3.8, 4) is 0 Å². The van der Waals surface area contributed by atoms with Crippen LogP contribution in [0.25, 0.3) is 0 Å². The molecule has 184 valence electrons. The summed E-state index contributed by atoms with van der Waals surface area (Å²) in [5, 5.41) is 9.09. The van der Waals surface area contributed by atoms with Crippen molar-refractivity contribution in [1.29, 1.82) is 0 Å². The van der Waals surface area contributed by atoms with Crippen molar-refractivity contribution >= 4 is 41.1 Å². The summed E-state index contributed by atoms with van der Waals surface area (Å²) in [5.41, 5.74) is 1.83. The number of amides is 2. The van der Waals surface area contributed by atoms with E-state index in [1.54, 1.807) is 12.2 Å². The van der Waals surface area contributed by atoms with Gasteiger partial charge in [0.2, 0.25) is 6.54 Å². The average Bonchev–Trinajstić information content (AvgIpc) is 3.13. The van der Waals surface area contributed by atoms with Crippen LogP contribution in [0.4, 0.5) is 30.2 Å². The number of ether oxygens (including phenoxy) is 1. The molecule has 2 N–H and O–H groups in total. The molecule has 0 spiro atoms. The molecule has 2 aromatic carbocycles. The van der Waals surface area contributed by atoms with E-state index in [-0.39, 0.29) is 23.6 Å². The van der Waals surface area contributed by atoms with Gasteiger partial charge in [-0.25, -0.2) is 9.59 Å². The summed E-state index contributed by atoms with van der Waals surface area (Å²) in [6, 6.07) is 12.7. The van der Waals surface area contributed by atoms with Crippen LogP contribution >= 0.6 is 0 Å². The van der Waals surface area contributed by atoms with Crippen LogP contribution in [0.2, 0.25) is 0 Å². The van der Waals surface area contributed by atoms with Crippen LogP contribution < -0.4 is 15.2 Å². The number of carbonyl (C=O) groups is 3. The first kappa shape index (κ1) is 25.6. The third kappa shape index (κ3) is 5.75. The second-order valence-electron chi connectivity index (χ2n) is 7.54. The zero-order valence-electron chi connectivity index (χ0n) is 19.1. The number of alkyl halides is 3.